The van der Waals surface area contributed by atoms with Crippen LogP contribution in [0.3, 0.4) is 0 Å². The summed E-state index contributed by atoms with van der Waals surface area (Å²) in [6, 6.07) is 0. The third-order valence-corrected chi connectivity index (χ3v) is 1.28. The average Bonchev–Trinajstić information content (AvgIpc) is 2.62. The minimum absolute atomic E-state index is 0.315. The third kappa shape index (κ3) is 2.37. The second kappa shape index (κ2) is 3.03. The summed E-state index contributed by atoms with van der Waals surface area (Å²) in [5.41, 5.74) is 0. The zero-order valence-electron chi connectivity index (χ0n) is 6.13. The lowest BCUT2D eigenvalue weighted by molar-refractivity contribution is -0.0441. The molecule has 0 aromatic carbocycles. The second-order valence-corrected chi connectivity index (χ2v) is 2.31. The molecule has 0 radical (unpaired) electrons. The smallest absolute Gasteiger partial charge is 0.189 e. The lowest BCUT2D eigenvalue weighted by Crippen LogP contribution is -2.14. The van der Waals surface area contributed by atoms with Gasteiger partial charge in [-0.05, 0) is 6.92 Å². The Hall–Kier alpha value is -0.540. The quantitative estimate of drug-likeness (QED) is 0.326. The highest BCUT2D eigenvalue weighted by molar-refractivity contribution is 4.74. The molecule has 0 N–H and O–H groups in total. The molecule has 1 atom stereocenters. The maximum absolute atomic E-state index is 5.25. The second-order valence-electron chi connectivity index (χ2n) is 2.31. The van der Waals surface area contributed by atoms with Crippen LogP contribution in [-0.4, -0.2) is 25.6 Å². The van der Waals surface area contributed by atoms with Crippen molar-refractivity contribution in [1.82, 2.24) is 0 Å². The number of hydrogen-bond acceptors (Lipinski definition) is 3. The molecule has 0 spiro atoms. The highest BCUT2D eigenvalue weighted by atomic mass is 16.8. The lowest BCUT2D eigenvalue weighted by atomic mass is 10.5. The van der Waals surface area contributed by atoms with Crippen LogP contribution in [0, 0.1) is 0 Å². The van der Waals surface area contributed by atoms with Crippen LogP contribution in [0.2, 0.25) is 0 Å². The summed E-state index contributed by atoms with van der Waals surface area (Å²) < 4.78 is 15.1. The molecule has 1 rings (SSSR count). The summed E-state index contributed by atoms with van der Waals surface area (Å²) in [6.07, 6.45) is 1.40. The van der Waals surface area contributed by atoms with Crippen LogP contribution in [-0.2, 0) is 14.2 Å². The van der Waals surface area contributed by atoms with Gasteiger partial charge in [-0.1, -0.05) is 6.58 Å². The number of rotatable bonds is 5. The molecule has 1 aliphatic heterocycles. The van der Waals surface area contributed by atoms with Crippen LogP contribution in [0.15, 0.2) is 12.8 Å². The van der Waals surface area contributed by atoms with Gasteiger partial charge in [0.2, 0.25) is 0 Å². The van der Waals surface area contributed by atoms with Gasteiger partial charge in [-0.3, -0.25) is 0 Å². The van der Waals surface area contributed by atoms with E-state index in [0.717, 1.165) is 0 Å². The first-order valence-corrected chi connectivity index (χ1v) is 3.27. The van der Waals surface area contributed by atoms with Crippen molar-refractivity contribution < 1.29 is 14.2 Å². The zero-order valence-corrected chi connectivity index (χ0v) is 6.13. The normalized spacial score (nSPS) is 29.7. The van der Waals surface area contributed by atoms with Crippen LogP contribution in [0.25, 0.3) is 0 Å². The van der Waals surface area contributed by atoms with Crippen molar-refractivity contribution in [3.05, 3.63) is 12.8 Å². The molecule has 0 aliphatic carbocycles. The van der Waals surface area contributed by atoms with Gasteiger partial charge in [-0.2, -0.15) is 0 Å². The monoisotopic (exact) mass is 144 g/mol. The van der Waals surface area contributed by atoms with Gasteiger partial charge in [0.15, 0.2) is 5.79 Å². The summed E-state index contributed by atoms with van der Waals surface area (Å²) in [6.45, 7) is 7.10. The molecule has 1 heterocycles. The first-order chi connectivity index (χ1) is 4.77. The fraction of sp³-hybridized carbons (Fsp3) is 0.714. The number of ether oxygens (including phenoxy) is 3. The van der Waals surface area contributed by atoms with Crippen LogP contribution in [0.5, 0.6) is 0 Å². The Kier molecular flexibility index (Phi) is 2.29. The van der Waals surface area contributed by atoms with Gasteiger partial charge < -0.3 is 14.2 Å². The molecule has 3 heteroatoms. The molecule has 1 saturated heterocycles. The first-order valence-electron chi connectivity index (χ1n) is 3.27. The predicted octanol–water partition coefficient (Wildman–Crippen LogP) is 0.909. The highest BCUT2D eigenvalue weighted by Gasteiger charge is 2.40. The molecular formula is C7H12O3. The minimum atomic E-state index is -0.315. The van der Waals surface area contributed by atoms with Crippen molar-refractivity contribution >= 4 is 0 Å². The van der Waals surface area contributed by atoms with Gasteiger partial charge in [0, 0.05) is 0 Å². The Morgan fingerprint density at radius 3 is 2.90 bits per heavy atom. The van der Waals surface area contributed by atoms with Crippen molar-refractivity contribution in [3.63, 3.8) is 0 Å². The summed E-state index contributed by atoms with van der Waals surface area (Å²) in [4.78, 5) is 0. The molecule has 1 unspecified atom stereocenters. The van der Waals surface area contributed by atoms with Gasteiger partial charge in [0.25, 0.3) is 0 Å². The van der Waals surface area contributed by atoms with Gasteiger partial charge in [0.05, 0.1) is 12.9 Å². The summed E-state index contributed by atoms with van der Waals surface area (Å²) in [7, 11) is 0. The molecule has 0 bridgehead atoms. The Bertz CT molecular complexity index is 118. The molecule has 0 aromatic heterocycles. The summed E-state index contributed by atoms with van der Waals surface area (Å²) >= 11 is 0. The average molecular weight is 144 g/mol. The Balaban J connectivity index is 1.90. The summed E-state index contributed by atoms with van der Waals surface area (Å²) in [5, 5.41) is 0. The lowest BCUT2D eigenvalue weighted by Gasteiger charge is -2.05. The minimum Gasteiger partial charge on any atom is -0.499 e. The molecule has 3 nitrogen and oxygen atoms in total. The Labute approximate surface area is 60.6 Å². The molecule has 10 heavy (non-hydrogen) atoms. The zero-order chi connectivity index (χ0) is 7.45. The van der Waals surface area contributed by atoms with Crippen molar-refractivity contribution in [2.24, 2.45) is 0 Å². The Morgan fingerprint density at radius 2 is 2.40 bits per heavy atom. The fourth-order valence-corrected chi connectivity index (χ4v) is 0.574. The van der Waals surface area contributed by atoms with Crippen molar-refractivity contribution in [2.45, 2.75) is 12.7 Å². The van der Waals surface area contributed by atoms with E-state index in [9.17, 15) is 0 Å². The third-order valence-electron chi connectivity index (χ3n) is 1.28. The molecule has 0 amide bonds. The Morgan fingerprint density at radius 1 is 1.70 bits per heavy atom. The van der Waals surface area contributed by atoms with Gasteiger partial charge in [0.1, 0.15) is 13.2 Å². The maximum atomic E-state index is 5.25. The maximum Gasteiger partial charge on any atom is 0.189 e. The van der Waals surface area contributed by atoms with Crippen LogP contribution >= 0.6 is 0 Å². The first kappa shape index (κ1) is 7.57. The molecule has 1 fully saturated rings. The van der Waals surface area contributed by atoms with E-state index in [1.54, 1.807) is 0 Å². The van der Waals surface area contributed by atoms with Crippen LogP contribution in [0.4, 0.5) is 0 Å². The van der Waals surface area contributed by atoms with E-state index in [4.69, 9.17) is 14.2 Å². The largest absolute Gasteiger partial charge is 0.499 e. The summed E-state index contributed by atoms with van der Waals surface area (Å²) in [5.74, 6) is -0.315. The van der Waals surface area contributed by atoms with E-state index in [0.29, 0.717) is 19.8 Å². The van der Waals surface area contributed by atoms with E-state index in [1.165, 1.54) is 6.26 Å². The van der Waals surface area contributed by atoms with E-state index >= 15 is 0 Å². The van der Waals surface area contributed by atoms with Crippen molar-refractivity contribution in [2.75, 3.05) is 19.8 Å². The van der Waals surface area contributed by atoms with Crippen LogP contribution in [0.1, 0.15) is 6.92 Å². The standard InChI is InChI=1S/C7H12O3/c1-3-8-4-5-9-7(2)6-10-7/h3H,1,4-6H2,2H3. The molecule has 0 aromatic rings. The van der Waals surface area contributed by atoms with Crippen molar-refractivity contribution in [3.8, 4) is 0 Å². The van der Waals surface area contributed by atoms with E-state index in [2.05, 4.69) is 6.58 Å². The van der Waals surface area contributed by atoms with E-state index < -0.39 is 0 Å². The van der Waals surface area contributed by atoms with Crippen molar-refractivity contribution in [1.29, 1.82) is 0 Å². The van der Waals surface area contributed by atoms with E-state index in [-0.39, 0.29) is 5.79 Å². The van der Waals surface area contributed by atoms with Crippen LogP contribution < -0.4 is 0 Å². The molecule has 1 aliphatic rings. The van der Waals surface area contributed by atoms with E-state index in [1.807, 2.05) is 6.92 Å². The number of epoxide rings is 1. The molecule has 58 valence electrons. The molecular weight excluding hydrogens is 132 g/mol. The van der Waals surface area contributed by atoms with Gasteiger partial charge in [-0.25, -0.2) is 0 Å². The SMILES string of the molecule is C=COCCOC1(C)CO1. The number of hydrogen-bond donors (Lipinski definition) is 0. The molecule has 0 saturated carbocycles. The van der Waals surface area contributed by atoms with Gasteiger partial charge >= 0.3 is 0 Å². The fourth-order valence-electron chi connectivity index (χ4n) is 0.574. The topological polar surface area (TPSA) is 31.0 Å². The predicted molar refractivity (Wildman–Crippen MR) is 36.5 cm³/mol. The highest BCUT2D eigenvalue weighted by Crippen LogP contribution is 2.26. The van der Waals surface area contributed by atoms with Gasteiger partial charge in [-0.15, -0.1) is 0 Å².